The van der Waals surface area contributed by atoms with Crippen LogP contribution in [0.2, 0.25) is 0 Å². The molecule has 0 spiro atoms. The van der Waals surface area contributed by atoms with Crippen LogP contribution in [0, 0.1) is 10.1 Å². The molecular weight excluding hydrogens is 255 g/mol. The number of nitro groups is 1. The van der Waals surface area contributed by atoms with E-state index in [1.54, 1.807) is 0 Å². The maximum atomic E-state index is 12.1. The zero-order valence-electron chi connectivity index (χ0n) is 8.73. The van der Waals surface area contributed by atoms with E-state index in [9.17, 15) is 28.1 Å². The zero-order valence-corrected chi connectivity index (χ0v) is 8.73. The van der Waals surface area contributed by atoms with E-state index in [1.165, 1.54) is 0 Å². The molecule has 5 nitrogen and oxygen atoms in total. The Morgan fingerprint density at radius 3 is 2.17 bits per heavy atom. The highest BCUT2D eigenvalue weighted by atomic mass is 19.4. The van der Waals surface area contributed by atoms with Crippen molar-refractivity contribution in [2.24, 2.45) is 0 Å². The van der Waals surface area contributed by atoms with Gasteiger partial charge in [-0.25, -0.2) is 4.79 Å². The number of esters is 1. The van der Waals surface area contributed by atoms with Crippen LogP contribution in [-0.2, 0) is 4.79 Å². The molecule has 0 aliphatic carbocycles. The van der Waals surface area contributed by atoms with E-state index >= 15 is 0 Å². The van der Waals surface area contributed by atoms with Crippen LogP contribution in [0.4, 0.5) is 18.9 Å². The third kappa shape index (κ3) is 3.30. The minimum Gasteiger partial charge on any atom is -0.423 e. The van der Waals surface area contributed by atoms with Crippen LogP contribution in [-0.4, -0.2) is 17.1 Å². The Hall–Kier alpha value is -2.38. The van der Waals surface area contributed by atoms with Gasteiger partial charge < -0.3 is 4.74 Å². The number of rotatable bonds is 3. The molecule has 0 unspecified atom stereocenters. The maximum absolute atomic E-state index is 12.1. The topological polar surface area (TPSA) is 69.4 Å². The van der Waals surface area contributed by atoms with Gasteiger partial charge in [-0.1, -0.05) is 6.58 Å². The minimum atomic E-state index is -4.88. The van der Waals surface area contributed by atoms with Crippen molar-refractivity contribution in [2.75, 3.05) is 0 Å². The number of carbonyl (C=O) groups is 1. The summed E-state index contributed by atoms with van der Waals surface area (Å²) >= 11 is 0. The van der Waals surface area contributed by atoms with Gasteiger partial charge in [0, 0.05) is 12.1 Å². The van der Waals surface area contributed by atoms with Gasteiger partial charge in [0.1, 0.15) is 11.3 Å². The molecule has 8 heteroatoms. The van der Waals surface area contributed by atoms with Gasteiger partial charge in [0.05, 0.1) is 4.92 Å². The number of hydrogen-bond donors (Lipinski definition) is 0. The highest BCUT2D eigenvalue weighted by molar-refractivity contribution is 5.90. The smallest absolute Gasteiger partial charge is 0.422 e. The highest BCUT2D eigenvalue weighted by Gasteiger charge is 2.38. The molecule has 0 aromatic heterocycles. The fourth-order valence-electron chi connectivity index (χ4n) is 0.920. The summed E-state index contributed by atoms with van der Waals surface area (Å²) in [7, 11) is 0. The zero-order chi connectivity index (χ0) is 13.9. The molecule has 0 saturated heterocycles. The lowest BCUT2D eigenvalue weighted by atomic mass is 10.3. The fourth-order valence-corrected chi connectivity index (χ4v) is 0.920. The monoisotopic (exact) mass is 261 g/mol. The summed E-state index contributed by atoms with van der Waals surface area (Å²) < 4.78 is 40.6. The average molecular weight is 261 g/mol. The molecule has 1 rings (SSSR count). The van der Waals surface area contributed by atoms with Crippen molar-refractivity contribution in [3.8, 4) is 5.75 Å². The van der Waals surface area contributed by atoms with Gasteiger partial charge in [0.15, 0.2) is 0 Å². The third-order valence-electron chi connectivity index (χ3n) is 1.85. The molecule has 0 N–H and O–H groups in total. The molecule has 96 valence electrons. The molecule has 0 aliphatic rings. The summed E-state index contributed by atoms with van der Waals surface area (Å²) in [6, 6.07) is 4.03. The molecule has 0 aliphatic heterocycles. The van der Waals surface area contributed by atoms with E-state index < -0.39 is 22.6 Å². The Balaban J connectivity index is 2.77. The highest BCUT2D eigenvalue weighted by Crippen LogP contribution is 2.26. The number of halogens is 3. The summed E-state index contributed by atoms with van der Waals surface area (Å²) in [4.78, 5) is 20.6. The minimum absolute atomic E-state index is 0.240. The second kappa shape index (κ2) is 4.86. The SMILES string of the molecule is C=C(C(=O)Oc1ccc([N+](=O)[O-])cc1)C(F)(F)F. The number of alkyl halides is 3. The Morgan fingerprint density at radius 1 is 1.28 bits per heavy atom. The van der Waals surface area contributed by atoms with Gasteiger partial charge in [-0.05, 0) is 12.1 Å². The van der Waals surface area contributed by atoms with Crippen molar-refractivity contribution in [3.05, 3.63) is 46.5 Å². The maximum Gasteiger partial charge on any atom is 0.422 e. The van der Waals surface area contributed by atoms with E-state index in [0.717, 1.165) is 24.3 Å². The van der Waals surface area contributed by atoms with Gasteiger partial charge in [0.25, 0.3) is 5.69 Å². The van der Waals surface area contributed by atoms with Crippen molar-refractivity contribution in [1.29, 1.82) is 0 Å². The number of benzene rings is 1. The fraction of sp³-hybridized carbons (Fsp3) is 0.100. The molecule has 0 heterocycles. The van der Waals surface area contributed by atoms with Crippen LogP contribution in [0.1, 0.15) is 0 Å². The number of non-ortho nitro benzene ring substituents is 1. The molecule has 0 radical (unpaired) electrons. The van der Waals surface area contributed by atoms with Gasteiger partial charge in [-0.3, -0.25) is 10.1 Å². The number of carbonyl (C=O) groups excluding carboxylic acids is 1. The molecule has 0 saturated carbocycles. The largest absolute Gasteiger partial charge is 0.423 e. The Kier molecular flexibility index (Phi) is 3.70. The second-order valence-electron chi connectivity index (χ2n) is 3.12. The first-order valence-corrected chi connectivity index (χ1v) is 4.44. The van der Waals surface area contributed by atoms with E-state index in [-0.39, 0.29) is 11.4 Å². The van der Waals surface area contributed by atoms with Gasteiger partial charge in [-0.2, -0.15) is 13.2 Å². The number of nitro benzene ring substituents is 1. The van der Waals surface area contributed by atoms with Crippen LogP contribution >= 0.6 is 0 Å². The summed E-state index contributed by atoms with van der Waals surface area (Å²) in [5, 5.41) is 10.3. The molecule has 0 fully saturated rings. The summed E-state index contributed by atoms with van der Waals surface area (Å²) in [6.45, 7) is 2.56. The summed E-state index contributed by atoms with van der Waals surface area (Å²) in [5.41, 5.74) is -1.93. The molecule has 1 aromatic rings. The van der Waals surface area contributed by atoms with Gasteiger partial charge in [0.2, 0.25) is 0 Å². The van der Waals surface area contributed by atoms with Gasteiger partial charge in [-0.15, -0.1) is 0 Å². The normalized spacial score (nSPS) is 10.8. The Labute approximate surface area is 98.6 Å². The van der Waals surface area contributed by atoms with Crippen molar-refractivity contribution < 1.29 is 27.6 Å². The quantitative estimate of drug-likeness (QED) is 0.276. The molecule has 0 amide bonds. The lowest BCUT2D eigenvalue weighted by Gasteiger charge is -2.09. The van der Waals surface area contributed by atoms with E-state index in [1.807, 2.05) is 0 Å². The molecule has 18 heavy (non-hydrogen) atoms. The number of ether oxygens (including phenoxy) is 1. The molecule has 1 aromatic carbocycles. The molecule has 0 atom stereocenters. The summed E-state index contributed by atoms with van der Waals surface area (Å²) in [6.07, 6.45) is -4.88. The molecular formula is C10H6F3NO4. The van der Waals surface area contributed by atoms with Crippen LogP contribution in [0.15, 0.2) is 36.4 Å². The lowest BCUT2D eigenvalue weighted by molar-refractivity contribution is -0.384. The number of nitrogens with zero attached hydrogens (tertiary/aromatic N) is 1. The predicted octanol–water partition coefficient (Wildman–Crippen LogP) is 2.62. The molecule has 0 bridgehead atoms. The van der Waals surface area contributed by atoms with Crippen LogP contribution < -0.4 is 4.74 Å². The Bertz CT molecular complexity index is 493. The van der Waals surface area contributed by atoms with Crippen molar-refractivity contribution in [3.63, 3.8) is 0 Å². The van der Waals surface area contributed by atoms with Crippen LogP contribution in [0.3, 0.4) is 0 Å². The Morgan fingerprint density at radius 2 is 1.78 bits per heavy atom. The second-order valence-corrected chi connectivity index (χ2v) is 3.12. The van der Waals surface area contributed by atoms with Crippen molar-refractivity contribution in [1.82, 2.24) is 0 Å². The van der Waals surface area contributed by atoms with E-state index in [0.29, 0.717) is 0 Å². The predicted molar refractivity (Wildman–Crippen MR) is 53.9 cm³/mol. The first-order chi connectivity index (χ1) is 8.21. The van der Waals surface area contributed by atoms with E-state index in [2.05, 4.69) is 11.3 Å². The van der Waals surface area contributed by atoms with Crippen molar-refractivity contribution in [2.45, 2.75) is 6.18 Å². The third-order valence-corrected chi connectivity index (χ3v) is 1.85. The first kappa shape index (κ1) is 13.7. The first-order valence-electron chi connectivity index (χ1n) is 4.44. The number of hydrogen-bond acceptors (Lipinski definition) is 4. The van der Waals surface area contributed by atoms with Crippen LogP contribution in [0.5, 0.6) is 5.75 Å². The van der Waals surface area contributed by atoms with Crippen LogP contribution in [0.25, 0.3) is 0 Å². The summed E-state index contributed by atoms with van der Waals surface area (Å²) in [5.74, 6) is -1.90. The van der Waals surface area contributed by atoms with E-state index in [4.69, 9.17) is 0 Å². The van der Waals surface area contributed by atoms with Crippen molar-refractivity contribution >= 4 is 11.7 Å². The lowest BCUT2D eigenvalue weighted by Crippen LogP contribution is -2.23. The van der Waals surface area contributed by atoms with Gasteiger partial charge >= 0.3 is 12.1 Å². The average Bonchev–Trinajstić information content (AvgIpc) is 2.27. The standard InChI is InChI=1S/C10H6F3NO4/c1-6(10(11,12)13)9(15)18-8-4-2-7(3-5-8)14(16)17/h2-5H,1H2.